The summed E-state index contributed by atoms with van der Waals surface area (Å²) in [5.41, 5.74) is 3.07. The van der Waals surface area contributed by atoms with Crippen LogP contribution in [0.5, 0.6) is 0 Å². The lowest BCUT2D eigenvalue weighted by Gasteiger charge is -2.18. The van der Waals surface area contributed by atoms with E-state index in [1.165, 1.54) is 0 Å². The topological polar surface area (TPSA) is 57.6 Å². The van der Waals surface area contributed by atoms with Crippen molar-refractivity contribution >= 4 is 17.6 Å². The number of hydrogen-bond acceptors (Lipinski definition) is 2. The molecular formula is C14H19NO3. The lowest BCUT2D eigenvalue weighted by Crippen LogP contribution is -2.26. The van der Waals surface area contributed by atoms with E-state index >= 15 is 0 Å². The Balaban J connectivity index is 2.65. The fourth-order valence-electron chi connectivity index (χ4n) is 1.85. The van der Waals surface area contributed by atoms with Crippen molar-refractivity contribution in [1.29, 1.82) is 0 Å². The van der Waals surface area contributed by atoms with Crippen LogP contribution in [0.25, 0.3) is 0 Å². The molecule has 1 aromatic rings. The molecule has 4 heteroatoms. The Morgan fingerprint density at radius 3 is 2.17 bits per heavy atom. The van der Waals surface area contributed by atoms with Gasteiger partial charge in [-0.15, -0.1) is 0 Å². The lowest BCUT2D eigenvalue weighted by atomic mass is 10.1. The van der Waals surface area contributed by atoms with Gasteiger partial charge in [0.05, 0.1) is 0 Å². The first-order chi connectivity index (χ1) is 8.40. The number of carbonyl (C=O) groups excluding carboxylic acids is 1. The highest BCUT2D eigenvalue weighted by Gasteiger charge is 2.12. The van der Waals surface area contributed by atoms with E-state index in [0.29, 0.717) is 6.42 Å². The van der Waals surface area contributed by atoms with Gasteiger partial charge in [0, 0.05) is 25.6 Å². The van der Waals surface area contributed by atoms with E-state index in [9.17, 15) is 9.59 Å². The Bertz CT molecular complexity index is 434. The first-order valence-corrected chi connectivity index (χ1v) is 5.97. The zero-order valence-electron chi connectivity index (χ0n) is 11.1. The Kier molecular flexibility index (Phi) is 4.89. The van der Waals surface area contributed by atoms with E-state index in [1.807, 2.05) is 32.0 Å². The molecule has 1 amide bonds. The van der Waals surface area contributed by atoms with Gasteiger partial charge in [-0.05, 0) is 43.5 Å². The molecule has 0 atom stereocenters. The molecule has 1 rings (SSSR count). The van der Waals surface area contributed by atoms with Gasteiger partial charge in [0.25, 0.3) is 0 Å². The Hall–Kier alpha value is -1.84. The molecule has 1 aromatic carbocycles. The van der Waals surface area contributed by atoms with E-state index in [1.54, 1.807) is 11.9 Å². The highest BCUT2D eigenvalue weighted by Crippen LogP contribution is 2.18. The number of carbonyl (C=O) groups is 2. The molecule has 0 bridgehead atoms. The van der Waals surface area contributed by atoms with Gasteiger partial charge in [0.2, 0.25) is 5.91 Å². The van der Waals surface area contributed by atoms with E-state index in [4.69, 9.17) is 5.11 Å². The molecule has 1 N–H and O–H groups in total. The normalized spacial score (nSPS) is 10.2. The molecule has 0 aromatic heterocycles. The third-order valence-corrected chi connectivity index (χ3v) is 2.75. The SMILES string of the molecule is Cc1cc(C)cc(N(C)C(=O)CCCC(=O)O)c1. The number of carboxylic acids is 1. The monoisotopic (exact) mass is 249 g/mol. The molecule has 0 heterocycles. The molecule has 0 unspecified atom stereocenters. The summed E-state index contributed by atoms with van der Waals surface area (Å²) in [5.74, 6) is -0.918. The second-order valence-corrected chi connectivity index (χ2v) is 4.55. The zero-order chi connectivity index (χ0) is 13.7. The fraction of sp³-hybridized carbons (Fsp3) is 0.429. The number of hydrogen-bond donors (Lipinski definition) is 1. The summed E-state index contributed by atoms with van der Waals surface area (Å²) in [4.78, 5) is 23.9. The number of nitrogens with zero attached hydrogens (tertiary/aromatic N) is 1. The Morgan fingerprint density at radius 2 is 1.67 bits per heavy atom. The van der Waals surface area contributed by atoms with Crippen LogP contribution in [0.4, 0.5) is 5.69 Å². The van der Waals surface area contributed by atoms with Crippen LogP contribution in [-0.4, -0.2) is 24.0 Å². The minimum Gasteiger partial charge on any atom is -0.481 e. The third-order valence-electron chi connectivity index (χ3n) is 2.75. The van der Waals surface area contributed by atoms with Crippen LogP contribution in [0.3, 0.4) is 0 Å². The molecule has 98 valence electrons. The van der Waals surface area contributed by atoms with Gasteiger partial charge in [0.1, 0.15) is 0 Å². The average Bonchev–Trinajstić information content (AvgIpc) is 2.26. The average molecular weight is 249 g/mol. The van der Waals surface area contributed by atoms with E-state index in [2.05, 4.69) is 0 Å². The van der Waals surface area contributed by atoms with Crippen molar-refractivity contribution in [3.05, 3.63) is 29.3 Å². The number of amides is 1. The van der Waals surface area contributed by atoms with Crippen LogP contribution in [-0.2, 0) is 9.59 Å². The maximum absolute atomic E-state index is 11.9. The number of aliphatic carboxylic acids is 1. The predicted molar refractivity (Wildman–Crippen MR) is 70.8 cm³/mol. The number of rotatable bonds is 5. The summed E-state index contributed by atoms with van der Waals surface area (Å²) in [6, 6.07) is 5.94. The first-order valence-electron chi connectivity index (χ1n) is 5.97. The summed E-state index contributed by atoms with van der Waals surface area (Å²) in [6.45, 7) is 3.97. The van der Waals surface area contributed by atoms with Gasteiger partial charge in [0.15, 0.2) is 0 Å². The molecule has 0 aliphatic carbocycles. The van der Waals surface area contributed by atoms with E-state index in [0.717, 1.165) is 16.8 Å². The molecule has 18 heavy (non-hydrogen) atoms. The van der Waals surface area contributed by atoms with Crippen molar-refractivity contribution in [2.75, 3.05) is 11.9 Å². The fourth-order valence-corrected chi connectivity index (χ4v) is 1.85. The van der Waals surface area contributed by atoms with Gasteiger partial charge in [-0.3, -0.25) is 9.59 Å². The Morgan fingerprint density at radius 1 is 1.11 bits per heavy atom. The second-order valence-electron chi connectivity index (χ2n) is 4.55. The van der Waals surface area contributed by atoms with Crippen LogP contribution in [0.2, 0.25) is 0 Å². The van der Waals surface area contributed by atoms with Crippen molar-refractivity contribution in [2.24, 2.45) is 0 Å². The molecular weight excluding hydrogens is 230 g/mol. The molecule has 0 aliphatic rings. The van der Waals surface area contributed by atoms with Gasteiger partial charge < -0.3 is 10.0 Å². The van der Waals surface area contributed by atoms with Crippen molar-refractivity contribution in [1.82, 2.24) is 0 Å². The lowest BCUT2D eigenvalue weighted by molar-refractivity contribution is -0.137. The molecule has 4 nitrogen and oxygen atoms in total. The van der Waals surface area contributed by atoms with Gasteiger partial charge >= 0.3 is 5.97 Å². The van der Waals surface area contributed by atoms with Gasteiger partial charge in [-0.2, -0.15) is 0 Å². The first kappa shape index (κ1) is 14.2. The van der Waals surface area contributed by atoms with Gasteiger partial charge in [-0.25, -0.2) is 0 Å². The van der Waals surface area contributed by atoms with Crippen LogP contribution >= 0.6 is 0 Å². The van der Waals surface area contributed by atoms with Crippen molar-refractivity contribution < 1.29 is 14.7 Å². The minimum absolute atomic E-state index is 0.0342. The Labute approximate surface area is 107 Å². The standard InChI is InChI=1S/C14H19NO3/c1-10-7-11(2)9-12(8-10)15(3)13(16)5-4-6-14(17)18/h7-9H,4-6H2,1-3H3,(H,17,18). The highest BCUT2D eigenvalue weighted by atomic mass is 16.4. The van der Waals surface area contributed by atoms with Crippen molar-refractivity contribution in [3.8, 4) is 0 Å². The second kappa shape index (κ2) is 6.19. The number of anilines is 1. The van der Waals surface area contributed by atoms with Crippen LogP contribution < -0.4 is 4.90 Å². The number of aryl methyl sites for hydroxylation is 2. The number of carboxylic acid groups (broad SMARTS) is 1. The number of benzene rings is 1. The molecule has 0 radical (unpaired) electrons. The largest absolute Gasteiger partial charge is 0.481 e. The van der Waals surface area contributed by atoms with Crippen molar-refractivity contribution in [3.63, 3.8) is 0 Å². The maximum atomic E-state index is 11.9. The predicted octanol–water partition coefficient (Wildman–Crippen LogP) is 2.52. The van der Waals surface area contributed by atoms with Gasteiger partial charge in [-0.1, -0.05) is 6.07 Å². The van der Waals surface area contributed by atoms with E-state index in [-0.39, 0.29) is 18.7 Å². The summed E-state index contributed by atoms with van der Waals surface area (Å²) >= 11 is 0. The van der Waals surface area contributed by atoms with Crippen LogP contribution in [0.15, 0.2) is 18.2 Å². The zero-order valence-corrected chi connectivity index (χ0v) is 11.1. The van der Waals surface area contributed by atoms with Crippen LogP contribution in [0.1, 0.15) is 30.4 Å². The summed E-state index contributed by atoms with van der Waals surface area (Å²) < 4.78 is 0. The van der Waals surface area contributed by atoms with Crippen LogP contribution in [0, 0.1) is 13.8 Å². The summed E-state index contributed by atoms with van der Waals surface area (Å²) in [6.07, 6.45) is 0.672. The summed E-state index contributed by atoms with van der Waals surface area (Å²) in [5, 5.41) is 8.53. The molecule has 0 saturated heterocycles. The molecule has 0 saturated carbocycles. The smallest absolute Gasteiger partial charge is 0.303 e. The highest BCUT2D eigenvalue weighted by molar-refractivity contribution is 5.93. The molecule has 0 aliphatic heterocycles. The van der Waals surface area contributed by atoms with Crippen molar-refractivity contribution in [2.45, 2.75) is 33.1 Å². The summed E-state index contributed by atoms with van der Waals surface area (Å²) in [7, 11) is 1.72. The van der Waals surface area contributed by atoms with E-state index < -0.39 is 5.97 Å². The maximum Gasteiger partial charge on any atom is 0.303 e. The quantitative estimate of drug-likeness (QED) is 0.872. The minimum atomic E-state index is -0.864. The molecule has 0 fully saturated rings. The molecule has 0 spiro atoms. The third kappa shape index (κ3) is 4.20.